The first-order chi connectivity index (χ1) is 16.0. The number of hydrogen-bond donors (Lipinski definition) is 1. The molecule has 1 atom stereocenters. The third kappa shape index (κ3) is 6.77. The van der Waals surface area contributed by atoms with Crippen LogP contribution < -0.4 is 9.62 Å². The van der Waals surface area contributed by atoms with Crippen LogP contribution >= 0.6 is 0 Å². The monoisotopic (exact) mass is 492 g/mol. The first kappa shape index (κ1) is 27.3. The number of nitrogens with zero attached hydrogens (tertiary/aromatic N) is 3. The Morgan fingerprint density at radius 2 is 1.68 bits per heavy atom. The number of para-hydroxylation sites is 1. The van der Waals surface area contributed by atoms with Gasteiger partial charge in [0, 0.05) is 27.2 Å². The van der Waals surface area contributed by atoms with E-state index in [0.717, 1.165) is 32.2 Å². The molecular formula is C24H33FN4O4S. The smallest absolute Gasteiger partial charge is 0.304 e. The first-order valence-electron chi connectivity index (χ1n) is 11.1. The molecule has 34 heavy (non-hydrogen) atoms. The van der Waals surface area contributed by atoms with Gasteiger partial charge in [-0.05, 0) is 38.0 Å². The van der Waals surface area contributed by atoms with E-state index in [2.05, 4.69) is 5.32 Å². The van der Waals surface area contributed by atoms with E-state index in [-0.39, 0.29) is 18.1 Å². The number of halogens is 1. The molecule has 0 radical (unpaired) electrons. The second kappa shape index (κ2) is 11.9. The molecule has 0 aromatic heterocycles. The minimum Gasteiger partial charge on any atom is -0.354 e. The van der Waals surface area contributed by atoms with Crippen LogP contribution in [-0.4, -0.2) is 62.7 Å². The van der Waals surface area contributed by atoms with Crippen LogP contribution in [0.3, 0.4) is 0 Å². The lowest BCUT2D eigenvalue weighted by atomic mass is 10.1. The van der Waals surface area contributed by atoms with Crippen molar-refractivity contribution >= 4 is 27.7 Å². The molecule has 2 rings (SSSR count). The molecule has 0 aliphatic carbocycles. The molecule has 0 aliphatic rings. The maximum Gasteiger partial charge on any atom is 0.304 e. The van der Waals surface area contributed by atoms with E-state index in [9.17, 15) is 22.4 Å². The summed E-state index contributed by atoms with van der Waals surface area (Å²) in [7, 11) is -1.59. The number of amides is 2. The molecule has 10 heteroatoms. The molecule has 0 heterocycles. The summed E-state index contributed by atoms with van der Waals surface area (Å²) < 4.78 is 42.3. The van der Waals surface area contributed by atoms with Crippen molar-refractivity contribution < 1.29 is 22.4 Å². The van der Waals surface area contributed by atoms with Crippen molar-refractivity contribution in [3.8, 4) is 0 Å². The Bertz CT molecular complexity index is 1090. The fourth-order valence-electron chi connectivity index (χ4n) is 3.22. The van der Waals surface area contributed by atoms with Gasteiger partial charge in [0.05, 0.1) is 5.69 Å². The van der Waals surface area contributed by atoms with Crippen molar-refractivity contribution in [2.75, 3.05) is 31.5 Å². The molecule has 0 fully saturated rings. The quantitative estimate of drug-likeness (QED) is 0.522. The predicted octanol–water partition coefficient (Wildman–Crippen LogP) is 2.69. The largest absolute Gasteiger partial charge is 0.354 e. The average Bonchev–Trinajstić information content (AvgIpc) is 2.80. The Balaban J connectivity index is 2.44. The van der Waals surface area contributed by atoms with E-state index in [1.165, 1.54) is 37.2 Å². The fraction of sp³-hybridized carbons (Fsp3) is 0.417. The molecule has 0 unspecified atom stereocenters. The minimum absolute atomic E-state index is 0.0902. The van der Waals surface area contributed by atoms with Crippen LogP contribution in [0.5, 0.6) is 0 Å². The Labute approximate surface area is 201 Å². The Kier molecular flexibility index (Phi) is 9.57. The molecule has 0 saturated heterocycles. The third-order valence-electron chi connectivity index (χ3n) is 5.33. The van der Waals surface area contributed by atoms with Crippen LogP contribution in [0.25, 0.3) is 0 Å². The van der Waals surface area contributed by atoms with Crippen molar-refractivity contribution in [1.82, 2.24) is 14.5 Å². The van der Waals surface area contributed by atoms with Crippen LogP contribution in [0.15, 0.2) is 48.5 Å². The molecule has 0 saturated carbocycles. The van der Waals surface area contributed by atoms with Gasteiger partial charge in [-0.15, -0.1) is 0 Å². The highest BCUT2D eigenvalue weighted by atomic mass is 32.2. The first-order valence-corrected chi connectivity index (χ1v) is 12.5. The molecule has 1 N–H and O–H groups in total. The van der Waals surface area contributed by atoms with Gasteiger partial charge < -0.3 is 10.2 Å². The zero-order valence-electron chi connectivity index (χ0n) is 20.3. The van der Waals surface area contributed by atoms with Gasteiger partial charge in [-0.3, -0.25) is 9.59 Å². The van der Waals surface area contributed by atoms with Gasteiger partial charge in [-0.1, -0.05) is 48.9 Å². The standard InChI is InChI=1S/C24H33FN4O4S/c1-6-15-26-24(31)19(3)28(16-20-13-11-18(2)12-14-20)23(30)17-29(34(32,33)27(4)5)22-10-8-7-9-21(22)25/h7-14,19H,6,15-17H2,1-5H3,(H,26,31)/t19-/m0/s1. The molecule has 0 aliphatic heterocycles. The van der Waals surface area contributed by atoms with Crippen LogP contribution in [-0.2, 0) is 26.3 Å². The molecule has 2 aromatic carbocycles. The highest BCUT2D eigenvalue weighted by Gasteiger charge is 2.33. The number of nitrogens with one attached hydrogen (secondary N) is 1. The third-order valence-corrected chi connectivity index (χ3v) is 7.14. The van der Waals surface area contributed by atoms with E-state index in [1.807, 2.05) is 38.1 Å². The Morgan fingerprint density at radius 1 is 1.06 bits per heavy atom. The second-order valence-electron chi connectivity index (χ2n) is 8.22. The Morgan fingerprint density at radius 3 is 2.24 bits per heavy atom. The summed E-state index contributed by atoms with van der Waals surface area (Å²) in [5.74, 6) is -1.76. The van der Waals surface area contributed by atoms with Crippen LogP contribution in [0.2, 0.25) is 0 Å². The molecular weight excluding hydrogens is 459 g/mol. The molecule has 0 bridgehead atoms. The summed E-state index contributed by atoms with van der Waals surface area (Å²) in [5, 5.41) is 2.77. The molecule has 2 aromatic rings. The minimum atomic E-state index is -4.20. The molecule has 8 nitrogen and oxygen atoms in total. The number of hydrogen-bond acceptors (Lipinski definition) is 4. The molecule has 2 amide bonds. The highest BCUT2D eigenvalue weighted by molar-refractivity contribution is 7.90. The van der Waals surface area contributed by atoms with Gasteiger partial charge in [0.15, 0.2) is 0 Å². The van der Waals surface area contributed by atoms with Crippen molar-refractivity contribution in [2.45, 2.75) is 39.8 Å². The number of benzene rings is 2. The maximum absolute atomic E-state index is 14.6. The van der Waals surface area contributed by atoms with Crippen molar-refractivity contribution in [2.24, 2.45) is 0 Å². The van der Waals surface area contributed by atoms with Crippen LogP contribution in [0.1, 0.15) is 31.4 Å². The lowest BCUT2D eigenvalue weighted by Crippen LogP contribution is -2.52. The number of anilines is 1. The maximum atomic E-state index is 14.6. The predicted molar refractivity (Wildman–Crippen MR) is 131 cm³/mol. The van der Waals surface area contributed by atoms with Gasteiger partial charge in [0.1, 0.15) is 18.4 Å². The number of rotatable bonds is 11. The van der Waals surface area contributed by atoms with Crippen molar-refractivity contribution in [3.05, 3.63) is 65.5 Å². The van der Waals surface area contributed by atoms with Gasteiger partial charge in [-0.25, -0.2) is 8.70 Å². The Hall–Kier alpha value is -2.98. The van der Waals surface area contributed by atoms with E-state index in [0.29, 0.717) is 6.54 Å². The summed E-state index contributed by atoms with van der Waals surface area (Å²) in [4.78, 5) is 27.5. The van der Waals surface area contributed by atoms with Gasteiger partial charge >= 0.3 is 10.2 Å². The normalized spacial score (nSPS) is 12.3. The fourth-order valence-corrected chi connectivity index (χ4v) is 4.29. The van der Waals surface area contributed by atoms with Crippen molar-refractivity contribution in [1.29, 1.82) is 0 Å². The lowest BCUT2D eigenvalue weighted by Gasteiger charge is -2.33. The summed E-state index contributed by atoms with van der Waals surface area (Å²) >= 11 is 0. The lowest BCUT2D eigenvalue weighted by molar-refractivity contribution is -0.139. The summed E-state index contributed by atoms with van der Waals surface area (Å²) in [5.41, 5.74) is 1.57. The van der Waals surface area contributed by atoms with E-state index in [1.54, 1.807) is 6.92 Å². The van der Waals surface area contributed by atoms with Gasteiger partial charge in [0.25, 0.3) is 0 Å². The zero-order valence-corrected chi connectivity index (χ0v) is 21.1. The van der Waals surface area contributed by atoms with E-state index >= 15 is 0 Å². The number of carbonyl (C=O) groups is 2. The van der Waals surface area contributed by atoms with Crippen molar-refractivity contribution in [3.63, 3.8) is 0 Å². The molecule has 0 spiro atoms. The molecule has 186 valence electrons. The van der Waals surface area contributed by atoms with Crippen LogP contribution in [0, 0.1) is 12.7 Å². The second-order valence-corrected chi connectivity index (χ2v) is 10.3. The number of aryl methyl sites for hydroxylation is 1. The highest BCUT2D eigenvalue weighted by Crippen LogP contribution is 2.24. The van der Waals surface area contributed by atoms with E-state index in [4.69, 9.17) is 0 Å². The van der Waals surface area contributed by atoms with Crippen LogP contribution in [0.4, 0.5) is 10.1 Å². The summed E-state index contributed by atoms with van der Waals surface area (Å²) in [6, 6.07) is 12.0. The number of carbonyl (C=O) groups excluding carboxylic acids is 2. The zero-order chi connectivity index (χ0) is 25.5. The summed E-state index contributed by atoms with van der Waals surface area (Å²) in [6.07, 6.45) is 0.729. The van der Waals surface area contributed by atoms with E-state index < -0.39 is 34.5 Å². The average molecular weight is 493 g/mol. The SMILES string of the molecule is CCCNC(=O)[C@H](C)N(Cc1ccc(C)cc1)C(=O)CN(c1ccccc1F)S(=O)(=O)N(C)C. The van der Waals surface area contributed by atoms with Gasteiger partial charge in [0.2, 0.25) is 11.8 Å². The topological polar surface area (TPSA) is 90.0 Å². The summed E-state index contributed by atoms with van der Waals surface area (Å²) in [6.45, 7) is 5.31. The van der Waals surface area contributed by atoms with Gasteiger partial charge in [-0.2, -0.15) is 12.7 Å².